The number of hydrogen-bond acceptors (Lipinski definition) is 3. The third-order valence-corrected chi connectivity index (χ3v) is 2.62. The van der Waals surface area contributed by atoms with Gasteiger partial charge in [-0.1, -0.05) is 11.6 Å². The zero-order valence-corrected chi connectivity index (χ0v) is 8.63. The fourth-order valence-corrected chi connectivity index (χ4v) is 1.74. The maximum atomic E-state index is 5.90. The van der Waals surface area contributed by atoms with E-state index in [9.17, 15) is 0 Å². The van der Waals surface area contributed by atoms with Gasteiger partial charge in [0.2, 0.25) is 0 Å². The average Bonchev–Trinajstić information content (AvgIpc) is 2.69. The van der Waals surface area contributed by atoms with Crippen molar-refractivity contribution in [2.75, 3.05) is 13.2 Å². The highest BCUT2D eigenvalue weighted by molar-refractivity contribution is 6.31. The van der Waals surface area contributed by atoms with Crippen LogP contribution in [0.2, 0.25) is 5.02 Å². The van der Waals surface area contributed by atoms with Crippen LogP contribution < -0.4 is 10.1 Å². The number of ether oxygens (including phenoxy) is 1. The van der Waals surface area contributed by atoms with Crippen molar-refractivity contribution in [2.45, 2.75) is 18.9 Å². The Kier molecular flexibility index (Phi) is 3.22. The molecule has 4 heteroatoms. The summed E-state index contributed by atoms with van der Waals surface area (Å²) in [6.45, 7) is 1.78. The minimum Gasteiger partial charge on any atom is -0.490 e. The van der Waals surface area contributed by atoms with Gasteiger partial charge in [-0.2, -0.15) is 0 Å². The zero-order chi connectivity index (χ0) is 9.80. The van der Waals surface area contributed by atoms with Crippen LogP contribution in [0.1, 0.15) is 12.8 Å². The van der Waals surface area contributed by atoms with E-state index in [0.29, 0.717) is 17.7 Å². The van der Waals surface area contributed by atoms with Crippen LogP contribution in [0, 0.1) is 0 Å². The van der Waals surface area contributed by atoms with Gasteiger partial charge in [0.05, 0.1) is 0 Å². The largest absolute Gasteiger partial charge is 0.490 e. The second kappa shape index (κ2) is 4.62. The van der Waals surface area contributed by atoms with Crippen LogP contribution >= 0.6 is 11.6 Å². The monoisotopic (exact) mass is 212 g/mol. The first-order valence-corrected chi connectivity index (χ1v) is 5.20. The Hall–Kier alpha value is -0.800. The number of aromatic nitrogens is 1. The summed E-state index contributed by atoms with van der Waals surface area (Å²) in [5, 5.41) is 3.94. The molecule has 0 aromatic carbocycles. The Labute approximate surface area is 88.4 Å². The Morgan fingerprint density at radius 3 is 3.29 bits per heavy atom. The van der Waals surface area contributed by atoms with Crippen LogP contribution in [0.3, 0.4) is 0 Å². The molecule has 1 aliphatic heterocycles. The molecule has 1 atom stereocenters. The lowest BCUT2D eigenvalue weighted by Crippen LogP contribution is -2.28. The van der Waals surface area contributed by atoms with Gasteiger partial charge in [0.15, 0.2) is 0 Å². The lowest BCUT2D eigenvalue weighted by molar-refractivity contribution is 0.277. The molecule has 0 saturated carbocycles. The number of nitrogens with zero attached hydrogens (tertiary/aromatic N) is 1. The van der Waals surface area contributed by atoms with Gasteiger partial charge < -0.3 is 10.1 Å². The van der Waals surface area contributed by atoms with Crippen molar-refractivity contribution in [3.8, 4) is 5.75 Å². The topological polar surface area (TPSA) is 34.1 Å². The van der Waals surface area contributed by atoms with Crippen molar-refractivity contribution >= 4 is 11.6 Å². The predicted octanol–water partition coefficient (Wildman–Crippen LogP) is 1.87. The molecule has 1 aromatic heterocycles. The standard InChI is InChI=1S/C10H13ClN2O/c11-9-6-12-5-3-10(9)14-7-8-2-1-4-13-8/h3,5-6,8,13H,1-2,4,7H2. The molecule has 0 bridgehead atoms. The zero-order valence-electron chi connectivity index (χ0n) is 7.87. The Bertz CT molecular complexity index is 300. The molecule has 2 heterocycles. The molecule has 0 spiro atoms. The average molecular weight is 213 g/mol. The van der Waals surface area contributed by atoms with Crippen LogP contribution in [-0.4, -0.2) is 24.2 Å². The molecule has 1 N–H and O–H groups in total. The fraction of sp³-hybridized carbons (Fsp3) is 0.500. The molecule has 14 heavy (non-hydrogen) atoms. The number of halogens is 1. The molecule has 1 fully saturated rings. The Balaban J connectivity index is 1.88. The molecule has 3 nitrogen and oxygen atoms in total. The molecular weight excluding hydrogens is 200 g/mol. The lowest BCUT2D eigenvalue weighted by Gasteiger charge is -2.12. The first-order chi connectivity index (χ1) is 6.86. The number of pyridine rings is 1. The first-order valence-electron chi connectivity index (χ1n) is 4.82. The summed E-state index contributed by atoms with van der Waals surface area (Å²) < 4.78 is 5.59. The van der Waals surface area contributed by atoms with Gasteiger partial charge in [0.25, 0.3) is 0 Å². The second-order valence-corrected chi connectivity index (χ2v) is 3.82. The number of hydrogen-bond donors (Lipinski definition) is 1. The summed E-state index contributed by atoms with van der Waals surface area (Å²) in [7, 11) is 0. The van der Waals surface area contributed by atoms with E-state index in [1.165, 1.54) is 12.8 Å². The molecule has 2 rings (SSSR count). The van der Waals surface area contributed by atoms with Crippen LogP contribution in [0.4, 0.5) is 0 Å². The number of rotatable bonds is 3. The number of nitrogens with one attached hydrogen (secondary N) is 1. The van der Waals surface area contributed by atoms with Gasteiger partial charge in [-0.15, -0.1) is 0 Å². The van der Waals surface area contributed by atoms with E-state index in [1.807, 2.05) is 0 Å². The first kappa shape index (κ1) is 9.74. The fourth-order valence-electron chi connectivity index (χ4n) is 1.57. The Morgan fingerprint density at radius 1 is 1.64 bits per heavy atom. The highest BCUT2D eigenvalue weighted by Crippen LogP contribution is 2.22. The van der Waals surface area contributed by atoms with E-state index in [-0.39, 0.29) is 0 Å². The van der Waals surface area contributed by atoms with Gasteiger partial charge in [0.1, 0.15) is 17.4 Å². The van der Waals surface area contributed by atoms with Gasteiger partial charge in [-0.3, -0.25) is 4.98 Å². The van der Waals surface area contributed by atoms with Crippen molar-refractivity contribution in [1.82, 2.24) is 10.3 Å². The molecule has 76 valence electrons. The maximum Gasteiger partial charge on any atom is 0.141 e. The summed E-state index contributed by atoms with van der Waals surface area (Å²) in [4.78, 5) is 3.90. The lowest BCUT2D eigenvalue weighted by atomic mass is 10.2. The SMILES string of the molecule is Clc1cnccc1OCC1CCCN1. The molecule has 1 aliphatic rings. The molecule has 1 saturated heterocycles. The van der Waals surface area contributed by atoms with Crippen LogP contribution in [0.15, 0.2) is 18.5 Å². The van der Waals surface area contributed by atoms with E-state index in [2.05, 4.69) is 10.3 Å². The minimum atomic E-state index is 0.472. The van der Waals surface area contributed by atoms with E-state index >= 15 is 0 Å². The van der Waals surface area contributed by atoms with E-state index < -0.39 is 0 Å². The van der Waals surface area contributed by atoms with E-state index in [1.54, 1.807) is 18.5 Å². The molecule has 0 radical (unpaired) electrons. The second-order valence-electron chi connectivity index (χ2n) is 3.41. The summed E-state index contributed by atoms with van der Waals surface area (Å²) in [5.41, 5.74) is 0. The molecule has 0 aliphatic carbocycles. The predicted molar refractivity (Wildman–Crippen MR) is 55.8 cm³/mol. The summed E-state index contributed by atoms with van der Waals surface area (Å²) in [6, 6.07) is 2.26. The van der Waals surface area contributed by atoms with Gasteiger partial charge in [0, 0.05) is 24.5 Å². The van der Waals surface area contributed by atoms with Crippen molar-refractivity contribution < 1.29 is 4.74 Å². The van der Waals surface area contributed by atoms with Crippen LogP contribution in [0.5, 0.6) is 5.75 Å². The minimum absolute atomic E-state index is 0.472. The summed E-state index contributed by atoms with van der Waals surface area (Å²) in [6.07, 6.45) is 5.70. The summed E-state index contributed by atoms with van der Waals surface area (Å²) >= 11 is 5.90. The van der Waals surface area contributed by atoms with Gasteiger partial charge >= 0.3 is 0 Å². The van der Waals surface area contributed by atoms with Crippen molar-refractivity contribution in [1.29, 1.82) is 0 Å². The molecule has 1 unspecified atom stereocenters. The van der Waals surface area contributed by atoms with Crippen LogP contribution in [-0.2, 0) is 0 Å². The van der Waals surface area contributed by atoms with Crippen LogP contribution in [0.25, 0.3) is 0 Å². The highest BCUT2D eigenvalue weighted by atomic mass is 35.5. The van der Waals surface area contributed by atoms with Crippen molar-refractivity contribution in [3.05, 3.63) is 23.5 Å². The van der Waals surface area contributed by atoms with Gasteiger partial charge in [-0.05, 0) is 19.4 Å². The third-order valence-electron chi connectivity index (χ3n) is 2.34. The third kappa shape index (κ3) is 2.36. The van der Waals surface area contributed by atoms with Crippen molar-refractivity contribution in [2.24, 2.45) is 0 Å². The normalized spacial score (nSPS) is 21.1. The van der Waals surface area contributed by atoms with Crippen molar-refractivity contribution in [3.63, 3.8) is 0 Å². The Morgan fingerprint density at radius 2 is 2.57 bits per heavy atom. The molecule has 1 aromatic rings. The summed E-state index contributed by atoms with van der Waals surface area (Å²) in [5.74, 6) is 0.718. The van der Waals surface area contributed by atoms with Gasteiger partial charge in [-0.25, -0.2) is 0 Å². The molecular formula is C10H13ClN2O. The highest BCUT2D eigenvalue weighted by Gasteiger charge is 2.14. The van der Waals surface area contributed by atoms with E-state index in [4.69, 9.17) is 16.3 Å². The smallest absolute Gasteiger partial charge is 0.141 e. The maximum absolute atomic E-state index is 5.90. The quantitative estimate of drug-likeness (QED) is 0.831. The van der Waals surface area contributed by atoms with E-state index in [0.717, 1.165) is 12.3 Å². The molecule has 0 amide bonds.